The van der Waals surface area contributed by atoms with E-state index >= 15 is 0 Å². The van der Waals surface area contributed by atoms with E-state index in [9.17, 15) is 33.2 Å². The van der Waals surface area contributed by atoms with Crippen LogP contribution in [0.25, 0.3) is 0 Å². The van der Waals surface area contributed by atoms with Crippen molar-refractivity contribution >= 4 is 27.6 Å². The van der Waals surface area contributed by atoms with Gasteiger partial charge in [-0.2, -0.15) is 0 Å². The number of ether oxygens (including phenoxy) is 3. The number of carbonyl (C=O) groups excluding carboxylic acids is 2. The fourth-order valence-corrected chi connectivity index (χ4v) is 7.70. The van der Waals surface area contributed by atoms with Crippen LogP contribution in [0.4, 0.5) is 0 Å². The van der Waals surface area contributed by atoms with E-state index in [1.54, 1.807) is 0 Å². The van der Waals surface area contributed by atoms with Gasteiger partial charge in [-0.3, -0.25) is 37.5 Å². The Labute approximate surface area is 318 Å². The molecule has 0 spiro atoms. The van der Waals surface area contributed by atoms with Crippen LogP contribution in [-0.2, 0) is 54.6 Å². The molecule has 0 aliphatic carbocycles. The van der Waals surface area contributed by atoms with Gasteiger partial charge < -0.3 is 23.6 Å². The largest absolute Gasteiger partial charge is 0.756 e. The highest BCUT2D eigenvalue weighted by molar-refractivity contribution is 7.61. The predicted molar refractivity (Wildman–Crippen MR) is 198 cm³/mol. The Morgan fingerprint density at radius 3 is 1.76 bits per heavy atom. The lowest BCUT2D eigenvalue weighted by atomic mass is 10.1. The smallest absolute Gasteiger partial charge is 0.481 e. The summed E-state index contributed by atoms with van der Waals surface area (Å²) in [6.45, 7) is 2.67. The number of esters is 2. The zero-order valence-electron chi connectivity index (χ0n) is 30.8. The molecule has 1 unspecified atom stereocenters. The number of aromatic nitrogens is 2. The normalized spacial score (nSPS) is 16.5. The summed E-state index contributed by atoms with van der Waals surface area (Å²) < 4.78 is 65.0. The van der Waals surface area contributed by atoms with E-state index in [1.165, 1.54) is 66.9 Å². The van der Waals surface area contributed by atoms with E-state index < -0.39 is 59.0 Å². The third kappa shape index (κ3) is 15.6. The highest BCUT2D eigenvalue weighted by atomic mass is 31.3. The third-order valence-corrected chi connectivity index (χ3v) is 11.0. The van der Waals surface area contributed by atoms with Crippen molar-refractivity contribution in [3.05, 3.63) is 105 Å². The predicted octanol–water partition coefficient (Wildman–Crippen LogP) is 6.79. The highest BCUT2D eigenvalue weighted by Gasteiger charge is 2.34. The minimum absolute atomic E-state index is 0.284. The molecule has 1 aromatic heterocycles. The van der Waals surface area contributed by atoms with Gasteiger partial charge in [-0.1, -0.05) is 82.7 Å². The van der Waals surface area contributed by atoms with Crippen LogP contribution >= 0.6 is 15.6 Å². The van der Waals surface area contributed by atoms with Crippen LogP contribution < -0.4 is 25.6 Å². The molecule has 55 heavy (non-hydrogen) atoms. The van der Waals surface area contributed by atoms with Crippen molar-refractivity contribution in [2.45, 2.75) is 104 Å². The molecule has 16 nitrogen and oxygen atoms in total. The van der Waals surface area contributed by atoms with Crippen LogP contribution in [0.1, 0.15) is 95.4 Å². The number of unbranched alkanes of at least 4 members (excludes halogenated alkanes) is 6. The van der Waals surface area contributed by atoms with Crippen molar-refractivity contribution < 1.29 is 55.7 Å². The van der Waals surface area contributed by atoms with Gasteiger partial charge in [-0.15, -0.1) is 0 Å². The number of benzene rings is 2. The fourth-order valence-electron chi connectivity index (χ4n) is 5.14. The van der Waals surface area contributed by atoms with E-state index in [-0.39, 0.29) is 24.8 Å². The summed E-state index contributed by atoms with van der Waals surface area (Å²) in [5.41, 5.74) is -0.492. The molecule has 3 aromatic rings. The lowest BCUT2D eigenvalue weighted by molar-refractivity contribution is -0.220. The molecule has 3 atom stereocenters. The third-order valence-electron chi connectivity index (χ3n) is 8.08. The molecule has 0 saturated heterocycles. The van der Waals surface area contributed by atoms with Crippen LogP contribution in [0.15, 0.2) is 82.5 Å². The summed E-state index contributed by atoms with van der Waals surface area (Å²) in [6, 6.07) is 13.3. The number of aromatic amines is 1. The number of phosphoric acid groups is 2. The maximum Gasteiger partial charge on any atom is 0.481 e. The van der Waals surface area contributed by atoms with Gasteiger partial charge in [0.15, 0.2) is 6.23 Å². The molecule has 0 fully saturated rings. The molecule has 1 N–H and O–H groups in total. The molecule has 0 radical (unpaired) electrons. The van der Waals surface area contributed by atoms with E-state index in [1.807, 2.05) is 0 Å². The molecule has 4 rings (SSSR count). The minimum Gasteiger partial charge on any atom is -0.756 e. The maximum atomic E-state index is 13.8. The number of hydrogen-bond donors (Lipinski definition) is 1. The molecular weight excluding hydrogens is 758 g/mol. The van der Waals surface area contributed by atoms with E-state index in [0.29, 0.717) is 22.6 Å². The fraction of sp³-hybridized carbons (Fsp3) is 0.459. The first kappa shape index (κ1) is 43.7. The number of phosphoric ester groups is 2. The first-order valence-corrected chi connectivity index (χ1v) is 21.1. The Morgan fingerprint density at radius 2 is 1.27 bits per heavy atom. The first-order valence-electron chi connectivity index (χ1n) is 18.2. The number of nitrogens with zero attached hydrogens (tertiary/aromatic N) is 1. The van der Waals surface area contributed by atoms with Gasteiger partial charge >= 0.3 is 25.5 Å². The zero-order valence-corrected chi connectivity index (χ0v) is 32.6. The van der Waals surface area contributed by atoms with Gasteiger partial charge in [0.25, 0.3) is 13.4 Å². The van der Waals surface area contributed by atoms with Gasteiger partial charge in [0.05, 0.1) is 19.8 Å². The summed E-state index contributed by atoms with van der Waals surface area (Å²) >= 11 is 0. The molecule has 0 saturated carbocycles. The molecule has 1 aliphatic rings. The Hall–Kier alpha value is -3.98. The first-order chi connectivity index (χ1) is 26.4. The summed E-state index contributed by atoms with van der Waals surface area (Å²) in [7, 11) is -10.3. The molecule has 300 valence electrons. The van der Waals surface area contributed by atoms with Gasteiger partial charge in [-0.05, 0) is 54.3 Å². The average Bonchev–Trinajstić information content (AvgIpc) is 3.63. The van der Waals surface area contributed by atoms with Crippen molar-refractivity contribution in [3.8, 4) is 11.5 Å². The summed E-state index contributed by atoms with van der Waals surface area (Å²) in [5, 5.41) is 0. The van der Waals surface area contributed by atoms with Gasteiger partial charge in [-0.25, -0.2) is 13.7 Å². The number of H-pyrrole nitrogens is 1. The second-order valence-corrected chi connectivity index (χ2v) is 15.9. The van der Waals surface area contributed by atoms with E-state index in [2.05, 4.69) is 18.8 Å². The lowest BCUT2D eigenvalue weighted by Gasteiger charge is -2.28. The topological polar surface area (TPSA) is 211 Å². The molecule has 0 amide bonds. The number of rotatable bonds is 24. The van der Waals surface area contributed by atoms with Gasteiger partial charge in [0, 0.05) is 25.1 Å². The SMILES string of the molecule is CCCCCCC(=O)Oc1ccc(COP(=O)(OCc2ccc(OC(=O)CCCCCC)cc2)OP(=O)([O-])OC[C@@H]2C=C[C@H](n3ccc(=O)[nH]c3=O)O2)cc1. The number of nitrogens with one attached hydrogen (secondary N) is 1. The van der Waals surface area contributed by atoms with E-state index in [0.717, 1.165) is 62.0 Å². The molecule has 0 bridgehead atoms. The van der Waals surface area contributed by atoms with Gasteiger partial charge in [0.2, 0.25) is 0 Å². The molecule has 1 aliphatic heterocycles. The van der Waals surface area contributed by atoms with Crippen LogP contribution in [0.2, 0.25) is 0 Å². The summed E-state index contributed by atoms with van der Waals surface area (Å²) in [4.78, 5) is 62.9. The second kappa shape index (κ2) is 21.9. The van der Waals surface area contributed by atoms with Crippen LogP contribution in [0, 0.1) is 0 Å². The average molecular weight is 806 g/mol. The molecular formula is C37H47N2O14P2-. The highest BCUT2D eigenvalue weighted by Crippen LogP contribution is 2.62. The molecule has 18 heteroatoms. The molecule has 2 heterocycles. The quantitative estimate of drug-likeness (QED) is 0.0325. The maximum absolute atomic E-state index is 13.8. The van der Waals surface area contributed by atoms with Crippen molar-refractivity contribution in [1.29, 1.82) is 0 Å². The number of hydrogen-bond acceptors (Lipinski definition) is 14. The standard InChI is InChI=1S/C37H48N2O14P2/c1-3-5-7-9-11-35(41)51-30-17-13-28(14-18-30)25-48-55(46,49-26-29-15-19-31(20-16-29)52-36(42)12-10-8-6-4-2)53-54(44,45)47-27-32-21-22-34(50-32)39-24-23-33(40)38-37(39)43/h13-24,32,34H,3-12,25-27H2,1-2H3,(H,44,45)(H,38,40,43)/p-1/t32-,34+/m0/s1. The lowest BCUT2D eigenvalue weighted by Crippen LogP contribution is -2.32. The summed E-state index contributed by atoms with van der Waals surface area (Å²) in [5.74, 6) is -0.159. The van der Waals surface area contributed by atoms with Crippen molar-refractivity contribution in [3.63, 3.8) is 0 Å². The Balaban J connectivity index is 1.37. The minimum atomic E-state index is -5.40. The van der Waals surface area contributed by atoms with Crippen LogP contribution in [0.5, 0.6) is 11.5 Å². The van der Waals surface area contributed by atoms with Crippen LogP contribution in [0.3, 0.4) is 0 Å². The Bertz CT molecular complexity index is 1850. The van der Waals surface area contributed by atoms with Crippen molar-refractivity contribution in [2.24, 2.45) is 0 Å². The molecule has 2 aromatic carbocycles. The summed E-state index contributed by atoms with van der Waals surface area (Å²) in [6.07, 6.45) is 10.2. The Morgan fingerprint density at radius 1 is 0.745 bits per heavy atom. The van der Waals surface area contributed by atoms with E-state index in [4.69, 9.17) is 32.1 Å². The Kier molecular flexibility index (Phi) is 17.4. The monoisotopic (exact) mass is 805 g/mol. The van der Waals surface area contributed by atoms with Crippen molar-refractivity contribution in [1.82, 2.24) is 9.55 Å². The number of carbonyl (C=O) groups is 2. The second-order valence-electron chi connectivity index (χ2n) is 12.6. The van der Waals surface area contributed by atoms with Crippen LogP contribution in [-0.4, -0.2) is 34.2 Å². The van der Waals surface area contributed by atoms with Crippen molar-refractivity contribution in [2.75, 3.05) is 6.61 Å². The zero-order chi connectivity index (χ0) is 39.7. The van der Waals surface area contributed by atoms with Gasteiger partial charge in [0.1, 0.15) is 17.6 Å².